The van der Waals surface area contributed by atoms with Crippen molar-refractivity contribution in [2.75, 3.05) is 23.7 Å². The Morgan fingerprint density at radius 2 is 0.959 bits per heavy atom. The molecule has 0 aliphatic carbocycles. The van der Waals surface area contributed by atoms with E-state index in [0.29, 0.717) is 42.1 Å². The molecule has 0 bridgehead atoms. The maximum absolute atomic E-state index is 12.2. The molecule has 0 fully saturated rings. The van der Waals surface area contributed by atoms with Crippen molar-refractivity contribution in [1.82, 2.24) is 30.9 Å². The maximum atomic E-state index is 12.2. The first-order valence-corrected chi connectivity index (χ1v) is 24.8. The Morgan fingerprint density at radius 1 is 0.521 bits per heavy atom. The molecule has 0 saturated heterocycles. The summed E-state index contributed by atoms with van der Waals surface area (Å²) in [6.07, 6.45) is 6.38. The van der Waals surface area contributed by atoms with Crippen LogP contribution in [0, 0.1) is 0 Å². The van der Waals surface area contributed by atoms with Crippen molar-refractivity contribution in [3.8, 4) is 45.7 Å². The van der Waals surface area contributed by atoms with Gasteiger partial charge in [0, 0.05) is 58.8 Å². The quantitative estimate of drug-likeness (QED) is 0.0294. The molecule has 0 aliphatic heterocycles. The second-order valence-electron chi connectivity index (χ2n) is 17.5. The zero-order valence-electron chi connectivity index (χ0n) is 41.2. The normalized spacial score (nSPS) is 11.7. The summed E-state index contributed by atoms with van der Waals surface area (Å²) in [6.45, 7) is 5.57. The summed E-state index contributed by atoms with van der Waals surface area (Å²) >= 11 is 0. The molecule has 376 valence electrons. The average molecular weight is 983 g/mol. The summed E-state index contributed by atoms with van der Waals surface area (Å²) in [5.74, 6) is 0.0936. The molecule has 0 saturated carbocycles. The fourth-order valence-corrected chi connectivity index (χ4v) is 7.92. The fourth-order valence-electron chi connectivity index (χ4n) is 7.92. The number of anilines is 2. The minimum atomic E-state index is -0.944. The van der Waals surface area contributed by atoms with E-state index >= 15 is 0 Å². The van der Waals surface area contributed by atoms with Crippen molar-refractivity contribution < 1.29 is 33.6 Å². The van der Waals surface area contributed by atoms with Gasteiger partial charge in [0.2, 0.25) is 11.6 Å². The molecule has 15 nitrogen and oxygen atoms in total. The highest BCUT2D eigenvalue weighted by atomic mass is 16.5. The van der Waals surface area contributed by atoms with E-state index < -0.39 is 11.9 Å². The number of aliphatic carboxylic acids is 2. The fraction of sp³-hybridized carbons (Fsp3) is 0.259. The lowest BCUT2D eigenvalue weighted by molar-refractivity contribution is -0.137. The number of carbonyl (C=O) groups is 3. The zero-order chi connectivity index (χ0) is 51.2. The van der Waals surface area contributed by atoms with E-state index in [9.17, 15) is 14.4 Å². The lowest BCUT2D eigenvalue weighted by Crippen LogP contribution is -2.25. The molecule has 8 rings (SSSR count). The van der Waals surface area contributed by atoms with E-state index in [0.717, 1.165) is 83.3 Å². The molecule has 2 aromatic heterocycles. The third kappa shape index (κ3) is 16.0. The van der Waals surface area contributed by atoms with Crippen LogP contribution in [0.3, 0.4) is 0 Å². The van der Waals surface area contributed by atoms with Gasteiger partial charge in [0.25, 0.3) is 17.7 Å². The van der Waals surface area contributed by atoms with Crippen molar-refractivity contribution >= 4 is 29.2 Å². The number of nitrogens with zero attached hydrogens (tertiary/aromatic N) is 4. The van der Waals surface area contributed by atoms with Crippen LogP contribution >= 0.6 is 0 Å². The Balaban J connectivity index is 0.000000214. The summed E-state index contributed by atoms with van der Waals surface area (Å²) in [5, 5.41) is 38.8. The van der Waals surface area contributed by atoms with Crippen LogP contribution in [-0.4, -0.2) is 61.4 Å². The number of hydrogen-bond acceptors (Lipinski definition) is 12. The predicted molar refractivity (Wildman–Crippen MR) is 284 cm³/mol. The van der Waals surface area contributed by atoms with Crippen LogP contribution in [0.25, 0.3) is 45.7 Å². The minimum Gasteiger partial charge on any atom is -0.481 e. The van der Waals surface area contributed by atoms with E-state index in [-0.39, 0.29) is 37.4 Å². The van der Waals surface area contributed by atoms with Crippen molar-refractivity contribution in [3.05, 3.63) is 180 Å². The largest absolute Gasteiger partial charge is 0.481 e. The smallest absolute Gasteiger partial charge is 0.305 e. The van der Waals surface area contributed by atoms with Crippen LogP contribution in [0.15, 0.2) is 167 Å². The number of benzene rings is 6. The van der Waals surface area contributed by atoms with Crippen molar-refractivity contribution in [2.45, 2.75) is 83.8 Å². The van der Waals surface area contributed by atoms with Gasteiger partial charge < -0.3 is 40.5 Å². The molecular weight excluding hydrogens is 921 g/mol. The average Bonchev–Trinajstić information content (AvgIpc) is 4.14. The summed E-state index contributed by atoms with van der Waals surface area (Å²) in [4.78, 5) is 42.6. The Kier molecular flexibility index (Phi) is 19.6. The summed E-state index contributed by atoms with van der Waals surface area (Å²) < 4.78 is 10.9. The third-order valence-electron chi connectivity index (χ3n) is 12.0. The number of amides is 1. The lowest BCUT2D eigenvalue weighted by atomic mass is 9.99. The van der Waals surface area contributed by atoms with Crippen LogP contribution < -0.4 is 21.3 Å². The van der Waals surface area contributed by atoms with Gasteiger partial charge in [-0.2, -0.15) is 9.97 Å². The minimum absolute atomic E-state index is 0.0920. The predicted octanol–water partition coefficient (Wildman–Crippen LogP) is 12.3. The number of unbranched alkanes of at least 4 members (excludes halogenated alkanes) is 2. The zero-order valence-corrected chi connectivity index (χ0v) is 41.2. The molecule has 6 N–H and O–H groups in total. The van der Waals surface area contributed by atoms with Crippen LogP contribution in [0.5, 0.6) is 0 Å². The highest BCUT2D eigenvalue weighted by Gasteiger charge is 2.17. The maximum Gasteiger partial charge on any atom is 0.305 e. The molecule has 15 heteroatoms. The van der Waals surface area contributed by atoms with Crippen LogP contribution in [0.4, 0.5) is 11.4 Å². The highest BCUT2D eigenvalue weighted by molar-refractivity contribution is 5.94. The first-order valence-electron chi connectivity index (χ1n) is 24.8. The topological polar surface area (TPSA) is 218 Å². The number of hydrogen-bond donors (Lipinski definition) is 6. The molecule has 2 unspecified atom stereocenters. The van der Waals surface area contributed by atoms with E-state index in [2.05, 4.69) is 104 Å². The van der Waals surface area contributed by atoms with Gasteiger partial charge in [-0.15, -0.1) is 0 Å². The number of carbonyl (C=O) groups excluding carboxylic acids is 1. The van der Waals surface area contributed by atoms with Crippen molar-refractivity contribution in [1.29, 1.82) is 0 Å². The van der Waals surface area contributed by atoms with Crippen molar-refractivity contribution in [2.24, 2.45) is 0 Å². The molecule has 0 aliphatic rings. The third-order valence-corrected chi connectivity index (χ3v) is 12.0. The summed E-state index contributed by atoms with van der Waals surface area (Å²) in [6, 6.07) is 51.7. The Morgan fingerprint density at radius 3 is 1.40 bits per heavy atom. The van der Waals surface area contributed by atoms with Crippen molar-refractivity contribution in [3.63, 3.8) is 0 Å². The standard InChI is InChI=1S/C29H30N4O4.C29H32N4O3/c1-2-3-9-25(31-24-16-14-22(15-17-24)28(36)30-19-18-26(34)35)20-10-12-21(13-11-20)27-32-29(37-33-27)23-7-5-4-6-8-23;1-2-3-9-26(31-25-16-10-21(11-17-25)20-30-19-18-27(34)35)22-12-14-23(15-13-22)28-32-29(36-33-28)24-7-5-4-6-8-24/h4-8,10-17,25,31H,2-3,9,18-19H2,1H3,(H,30,36)(H,34,35);4-8,10-17,26,30-31H,2-3,9,18-20H2,1H3,(H,34,35). The Bertz CT molecular complexity index is 2930. The van der Waals surface area contributed by atoms with Gasteiger partial charge in [-0.05, 0) is 90.2 Å². The molecule has 8 aromatic rings. The summed E-state index contributed by atoms with van der Waals surface area (Å²) in [7, 11) is 0. The molecule has 6 aromatic carbocycles. The van der Waals surface area contributed by atoms with E-state index in [1.807, 2.05) is 97.1 Å². The first-order chi connectivity index (χ1) is 35.6. The van der Waals surface area contributed by atoms with Crippen LogP contribution in [-0.2, 0) is 16.1 Å². The number of rotatable bonds is 25. The Labute approximate surface area is 425 Å². The number of nitrogens with one attached hydrogen (secondary N) is 4. The number of carboxylic acid groups (broad SMARTS) is 2. The molecule has 1 amide bonds. The molecule has 2 atom stereocenters. The van der Waals surface area contributed by atoms with Crippen LogP contribution in [0.1, 0.15) is 104 Å². The van der Waals surface area contributed by atoms with Gasteiger partial charge in [-0.25, -0.2) is 0 Å². The molecular formula is C58H62N8O7. The number of carboxylic acids is 2. The Hall–Kier alpha value is -8.43. The van der Waals surface area contributed by atoms with E-state index in [1.54, 1.807) is 12.1 Å². The lowest BCUT2D eigenvalue weighted by Gasteiger charge is -2.21. The van der Waals surface area contributed by atoms with Gasteiger partial charge in [0.05, 0.1) is 24.9 Å². The monoisotopic (exact) mass is 982 g/mol. The molecule has 2 heterocycles. The van der Waals surface area contributed by atoms with Gasteiger partial charge in [0.1, 0.15) is 0 Å². The van der Waals surface area contributed by atoms with Gasteiger partial charge in [-0.3, -0.25) is 14.4 Å². The second kappa shape index (κ2) is 27.2. The molecule has 0 radical (unpaired) electrons. The number of aromatic nitrogens is 4. The summed E-state index contributed by atoms with van der Waals surface area (Å²) in [5.41, 5.74) is 9.48. The molecule has 73 heavy (non-hydrogen) atoms. The van der Waals surface area contributed by atoms with Gasteiger partial charge in [0.15, 0.2) is 0 Å². The van der Waals surface area contributed by atoms with Gasteiger partial charge >= 0.3 is 11.9 Å². The first kappa shape index (κ1) is 52.4. The highest BCUT2D eigenvalue weighted by Crippen LogP contribution is 2.30. The van der Waals surface area contributed by atoms with Crippen LogP contribution in [0.2, 0.25) is 0 Å². The van der Waals surface area contributed by atoms with Gasteiger partial charge in [-0.1, -0.05) is 147 Å². The SMILES string of the molecule is CCCCC(Nc1ccc(C(=O)NCCC(=O)O)cc1)c1ccc(-c2noc(-c3ccccc3)n2)cc1.CCCCC(Nc1ccc(CNCCC(=O)O)cc1)c1ccc(-c2noc(-c3ccccc3)n2)cc1. The molecule has 0 spiro atoms. The van der Waals surface area contributed by atoms with E-state index in [4.69, 9.17) is 19.3 Å². The second-order valence-corrected chi connectivity index (χ2v) is 17.5. The van der Waals surface area contributed by atoms with E-state index in [1.165, 1.54) is 5.56 Å².